The molecule has 0 saturated heterocycles. The maximum absolute atomic E-state index is 6.29. The molecule has 2 aliphatic rings. The molecule has 0 unspecified atom stereocenters. The molecule has 2 heterocycles. The van der Waals surface area contributed by atoms with E-state index in [1.807, 2.05) is 24.3 Å². The number of fused-ring (bicyclic) bond motifs is 2. The van der Waals surface area contributed by atoms with Crippen LogP contribution in [-0.2, 0) is 19.5 Å². The van der Waals surface area contributed by atoms with Gasteiger partial charge >= 0.3 is 0 Å². The highest BCUT2D eigenvalue weighted by Crippen LogP contribution is 2.35. The fraction of sp³-hybridized carbons (Fsp3) is 0.172. The molecule has 0 atom stereocenters. The number of anilines is 2. The molecule has 6 rings (SSSR count). The molecule has 0 saturated carbocycles. The predicted molar refractivity (Wildman–Crippen MR) is 146 cm³/mol. The predicted octanol–water partition coefficient (Wildman–Crippen LogP) is 6.57. The Kier molecular flexibility index (Phi) is 6.00. The summed E-state index contributed by atoms with van der Waals surface area (Å²) >= 11 is 8.97. The van der Waals surface area contributed by atoms with Crippen LogP contribution in [0.4, 0.5) is 11.4 Å². The molecular formula is C29H26N2O2S2. The minimum Gasteiger partial charge on any atom is -0.473 e. The quantitative estimate of drug-likeness (QED) is 0.311. The van der Waals surface area contributed by atoms with Gasteiger partial charge in [-0.1, -0.05) is 36.4 Å². The van der Waals surface area contributed by atoms with Crippen LogP contribution in [0.3, 0.4) is 0 Å². The molecular weight excluding hydrogens is 472 g/mol. The van der Waals surface area contributed by atoms with Crippen LogP contribution in [-0.4, -0.2) is 13.5 Å². The second kappa shape index (κ2) is 9.44. The summed E-state index contributed by atoms with van der Waals surface area (Å²) in [6.45, 7) is 2.69. The second-order valence-electron chi connectivity index (χ2n) is 9.01. The van der Waals surface area contributed by atoms with Crippen LogP contribution in [0, 0.1) is 0 Å². The van der Waals surface area contributed by atoms with Gasteiger partial charge < -0.3 is 19.3 Å². The number of ether oxygens (including phenoxy) is 2. The third kappa shape index (κ3) is 4.68. The molecule has 0 amide bonds. The van der Waals surface area contributed by atoms with Crippen molar-refractivity contribution >= 4 is 36.6 Å². The van der Waals surface area contributed by atoms with Crippen molar-refractivity contribution in [2.75, 3.05) is 23.3 Å². The van der Waals surface area contributed by atoms with Crippen LogP contribution >= 0.6 is 25.3 Å². The fourth-order valence-electron chi connectivity index (χ4n) is 4.82. The van der Waals surface area contributed by atoms with E-state index in [0.29, 0.717) is 13.5 Å². The molecule has 4 nitrogen and oxygen atoms in total. The fourth-order valence-corrected chi connectivity index (χ4v) is 5.25. The number of benzene rings is 4. The zero-order valence-corrected chi connectivity index (χ0v) is 21.0. The van der Waals surface area contributed by atoms with Gasteiger partial charge in [-0.2, -0.15) is 0 Å². The number of para-hydroxylation sites is 1. The van der Waals surface area contributed by atoms with Crippen LogP contribution in [0.5, 0.6) is 11.5 Å². The number of hydrogen-bond donors (Lipinski definition) is 2. The first-order valence-electron chi connectivity index (χ1n) is 11.7. The van der Waals surface area contributed by atoms with Gasteiger partial charge in [0.2, 0.25) is 0 Å². The van der Waals surface area contributed by atoms with Crippen molar-refractivity contribution in [2.45, 2.75) is 29.3 Å². The summed E-state index contributed by atoms with van der Waals surface area (Å²) in [5.74, 6) is 1.97. The summed E-state index contributed by atoms with van der Waals surface area (Å²) in [6, 6.07) is 29.4. The van der Waals surface area contributed by atoms with Crippen molar-refractivity contribution in [2.24, 2.45) is 0 Å². The van der Waals surface area contributed by atoms with Gasteiger partial charge in [0.15, 0.2) is 13.5 Å². The number of nitrogens with zero attached hydrogens (tertiary/aromatic N) is 2. The Labute approximate surface area is 216 Å². The first-order chi connectivity index (χ1) is 17.1. The van der Waals surface area contributed by atoms with Crippen molar-refractivity contribution < 1.29 is 9.47 Å². The van der Waals surface area contributed by atoms with Gasteiger partial charge in [-0.3, -0.25) is 0 Å². The lowest BCUT2D eigenvalue weighted by Crippen LogP contribution is -2.32. The molecule has 176 valence electrons. The number of thiol groups is 2. The lowest BCUT2D eigenvalue weighted by molar-refractivity contribution is 0.286. The Morgan fingerprint density at radius 1 is 0.657 bits per heavy atom. The first-order valence-corrected chi connectivity index (χ1v) is 12.6. The van der Waals surface area contributed by atoms with E-state index in [1.54, 1.807) is 0 Å². The van der Waals surface area contributed by atoms with Gasteiger partial charge in [0.05, 0.1) is 0 Å². The molecule has 0 bridgehead atoms. The minimum atomic E-state index is 0.526. The monoisotopic (exact) mass is 498 g/mol. The van der Waals surface area contributed by atoms with Crippen LogP contribution < -0.4 is 19.3 Å². The summed E-state index contributed by atoms with van der Waals surface area (Å²) in [5, 5.41) is 0. The van der Waals surface area contributed by atoms with Gasteiger partial charge in [0.25, 0.3) is 0 Å². The molecule has 0 radical (unpaired) electrons. The summed E-state index contributed by atoms with van der Waals surface area (Å²) in [7, 11) is 0. The SMILES string of the molecule is Sc1cccc(N2COc3ccc(Cc4cccc5c4OCN(c4cccc(S)c4)C5)cc3C2)c1. The van der Waals surface area contributed by atoms with Crippen molar-refractivity contribution in [1.29, 1.82) is 0 Å². The minimum absolute atomic E-state index is 0.526. The van der Waals surface area contributed by atoms with Crippen molar-refractivity contribution in [3.8, 4) is 11.5 Å². The van der Waals surface area contributed by atoms with E-state index in [4.69, 9.17) is 9.47 Å². The van der Waals surface area contributed by atoms with E-state index in [0.717, 1.165) is 52.2 Å². The summed E-state index contributed by atoms with van der Waals surface area (Å²) in [4.78, 5) is 6.37. The molecule has 0 fully saturated rings. The standard InChI is InChI=1S/C29H26N2O2S2/c34-26-8-2-6-24(14-26)30-16-22-5-1-4-21(29(22)33-19-30)12-20-10-11-28-23(13-20)17-31(18-32-28)25-7-3-9-27(35)15-25/h1-11,13-15,34-35H,12,16-19H2. The molecule has 4 aromatic rings. The molecule has 0 spiro atoms. The van der Waals surface area contributed by atoms with Crippen LogP contribution in [0.15, 0.2) is 94.7 Å². The molecule has 2 aliphatic heterocycles. The molecule has 0 aliphatic carbocycles. The molecule has 0 aromatic heterocycles. The largest absolute Gasteiger partial charge is 0.473 e. The maximum Gasteiger partial charge on any atom is 0.161 e. The zero-order chi connectivity index (χ0) is 23.8. The Morgan fingerprint density at radius 2 is 1.31 bits per heavy atom. The highest BCUT2D eigenvalue weighted by atomic mass is 32.1. The topological polar surface area (TPSA) is 24.9 Å². The van der Waals surface area contributed by atoms with Crippen molar-refractivity contribution in [3.05, 3.63) is 107 Å². The third-order valence-corrected chi connectivity index (χ3v) is 7.11. The molecule has 4 aromatic carbocycles. The summed E-state index contributed by atoms with van der Waals surface area (Å²) in [5.41, 5.74) is 7.10. The normalized spacial score (nSPS) is 14.6. The smallest absolute Gasteiger partial charge is 0.161 e. The Balaban J connectivity index is 1.22. The molecule has 35 heavy (non-hydrogen) atoms. The maximum atomic E-state index is 6.29. The molecule has 6 heteroatoms. The Bertz CT molecular complexity index is 1390. The van der Waals surface area contributed by atoms with Crippen molar-refractivity contribution in [3.63, 3.8) is 0 Å². The lowest BCUT2D eigenvalue weighted by atomic mass is 9.98. The van der Waals surface area contributed by atoms with E-state index in [-0.39, 0.29) is 0 Å². The summed E-state index contributed by atoms with van der Waals surface area (Å²) < 4.78 is 12.3. The highest BCUT2D eigenvalue weighted by Gasteiger charge is 2.22. The van der Waals surface area contributed by atoms with E-state index in [2.05, 4.69) is 95.7 Å². The van der Waals surface area contributed by atoms with Gasteiger partial charge in [-0.15, -0.1) is 25.3 Å². The highest BCUT2D eigenvalue weighted by molar-refractivity contribution is 7.80. The van der Waals surface area contributed by atoms with E-state index >= 15 is 0 Å². The lowest BCUT2D eigenvalue weighted by Gasteiger charge is -2.32. The van der Waals surface area contributed by atoms with Gasteiger partial charge in [0.1, 0.15) is 11.5 Å². The van der Waals surface area contributed by atoms with E-state index in [1.165, 1.54) is 22.3 Å². The average molecular weight is 499 g/mol. The van der Waals surface area contributed by atoms with E-state index < -0.39 is 0 Å². The van der Waals surface area contributed by atoms with Crippen LogP contribution in [0.2, 0.25) is 0 Å². The van der Waals surface area contributed by atoms with Gasteiger partial charge in [-0.25, -0.2) is 0 Å². The second-order valence-corrected chi connectivity index (χ2v) is 10.0. The van der Waals surface area contributed by atoms with Crippen LogP contribution in [0.25, 0.3) is 0 Å². The van der Waals surface area contributed by atoms with Crippen molar-refractivity contribution in [1.82, 2.24) is 0 Å². The molecule has 0 N–H and O–H groups in total. The van der Waals surface area contributed by atoms with E-state index in [9.17, 15) is 0 Å². The Morgan fingerprint density at radius 3 is 2.03 bits per heavy atom. The van der Waals surface area contributed by atoms with Gasteiger partial charge in [-0.05, 0) is 59.7 Å². The Hall–Kier alpha value is -3.22. The zero-order valence-electron chi connectivity index (χ0n) is 19.2. The third-order valence-electron chi connectivity index (χ3n) is 6.55. The summed E-state index contributed by atoms with van der Waals surface area (Å²) in [6.07, 6.45) is 0.814. The van der Waals surface area contributed by atoms with Crippen LogP contribution in [0.1, 0.15) is 22.3 Å². The van der Waals surface area contributed by atoms with Gasteiger partial charge in [0, 0.05) is 51.8 Å². The number of hydrogen-bond acceptors (Lipinski definition) is 6. The average Bonchev–Trinajstić information content (AvgIpc) is 2.88. The number of rotatable bonds is 4. The first kappa shape index (κ1) is 22.3.